The lowest BCUT2D eigenvalue weighted by atomic mass is 9.77. The molecule has 4 nitrogen and oxygen atoms in total. The summed E-state index contributed by atoms with van der Waals surface area (Å²) in [7, 11) is 0. The number of esters is 1. The average molecular weight is 324 g/mol. The van der Waals surface area contributed by atoms with Crippen LogP contribution >= 0.6 is 0 Å². The molecule has 0 N–H and O–H groups in total. The van der Waals surface area contributed by atoms with Gasteiger partial charge in [-0.25, -0.2) is 0 Å². The molecule has 2 atom stereocenters. The molecule has 0 radical (unpaired) electrons. The third-order valence-electron chi connectivity index (χ3n) is 5.27. The first-order valence-electron chi connectivity index (χ1n) is 9.00. The van der Waals surface area contributed by atoms with Crippen molar-refractivity contribution in [2.75, 3.05) is 6.61 Å². The van der Waals surface area contributed by atoms with Crippen LogP contribution in [-0.4, -0.2) is 24.1 Å². The minimum absolute atomic E-state index is 0.0963. The van der Waals surface area contributed by atoms with Gasteiger partial charge in [0.15, 0.2) is 0 Å². The van der Waals surface area contributed by atoms with Gasteiger partial charge in [-0.15, -0.1) is 0 Å². The third kappa shape index (κ3) is 6.08. The summed E-state index contributed by atoms with van der Waals surface area (Å²) in [4.78, 5) is 35.8. The Balaban J connectivity index is 2.28. The van der Waals surface area contributed by atoms with E-state index < -0.39 is 0 Å². The Kier molecular flexibility index (Phi) is 7.93. The number of carbonyl (C=O) groups is 3. The summed E-state index contributed by atoms with van der Waals surface area (Å²) in [5.41, 5.74) is -0.256. The van der Waals surface area contributed by atoms with Gasteiger partial charge in [0.05, 0.1) is 12.5 Å². The molecule has 1 rings (SSSR count). The Hall–Kier alpha value is -1.19. The van der Waals surface area contributed by atoms with Crippen LogP contribution in [0.2, 0.25) is 0 Å². The van der Waals surface area contributed by atoms with Crippen LogP contribution in [0.4, 0.5) is 0 Å². The molecule has 132 valence electrons. The first-order chi connectivity index (χ1) is 10.8. The van der Waals surface area contributed by atoms with E-state index in [9.17, 15) is 14.4 Å². The van der Waals surface area contributed by atoms with Crippen LogP contribution in [0.5, 0.6) is 0 Å². The fourth-order valence-electron chi connectivity index (χ4n) is 3.10. The van der Waals surface area contributed by atoms with E-state index in [-0.39, 0.29) is 34.8 Å². The van der Waals surface area contributed by atoms with Gasteiger partial charge >= 0.3 is 5.97 Å². The molecule has 0 spiro atoms. The normalized spacial score (nSPS) is 21.7. The van der Waals surface area contributed by atoms with Gasteiger partial charge in [0.25, 0.3) is 0 Å². The zero-order valence-corrected chi connectivity index (χ0v) is 15.2. The summed E-state index contributed by atoms with van der Waals surface area (Å²) >= 11 is 0. The van der Waals surface area contributed by atoms with Crippen molar-refractivity contribution in [2.24, 2.45) is 17.3 Å². The zero-order valence-electron chi connectivity index (χ0n) is 15.2. The highest BCUT2D eigenvalue weighted by atomic mass is 16.5. The minimum atomic E-state index is -0.262. The molecule has 2 unspecified atom stereocenters. The Bertz CT molecular complexity index is 425. The maximum atomic E-state index is 12.2. The molecule has 1 aliphatic carbocycles. The van der Waals surface area contributed by atoms with Crippen molar-refractivity contribution in [1.29, 1.82) is 0 Å². The van der Waals surface area contributed by atoms with Gasteiger partial charge in [-0.2, -0.15) is 0 Å². The molecule has 1 fully saturated rings. The zero-order chi connectivity index (χ0) is 17.5. The Morgan fingerprint density at radius 2 is 1.65 bits per heavy atom. The van der Waals surface area contributed by atoms with Crippen molar-refractivity contribution < 1.29 is 19.1 Å². The molecule has 0 heterocycles. The summed E-state index contributed by atoms with van der Waals surface area (Å²) in [6.45, 7) is 7.88. The van der Waals surface area contributed by atoms with E-state index in [1.54, 1.807) is 6.92 Å². The summed E-state index contributed by atoms with van der Waals surface area (Å²) in [5.74, 6) is -0.288. The van der Waals surface area contributed by atoms with Crippen molar-refractivity contribution in [3.63, 3.8) is 0 Å². The molecule has 1 aliphatic rings. The first-order valence-corrected chi connectivity index (χ1v) is 9.00. The van der Waals surface area contributed by atoms with Crippen LogP contribution in [0.3, 0.4) is 0 Å². The van der Waals surface area contributed by atoms with E-state index in [1.807, 2.05) is 20.8 Å². The SMILES string of the molecule is CCC(C)(C)C(=O)CCCCOC(=O)C1CCCCC1C(C)=O. The maximum absolute atomic E-state index is 12.2. The quantitative estimate of drug-likeness (QED) is 0.473. The largest absolute Gasteiger partial charge is 0.465 e. The second-order valence-corrected chi connectivity index (χ2v) is 7.39. The molecule has 0 bridgehead atoms. The molecule has 0 amide bonds. The number of ketones is 2. The van der Waals surface area contributed by atoms with Crippen molar-refractivity contribution in [2.45, 2.75) is 79.1 Å². The van der Waals surface area contributed by atoms with Gasteiger partial charge < -0.3 is 4.74 Å². The van der Waals surface area contributed by atoms with Crippen molar-refractivity contribution in [3.05, 3.63) is 0 Å². The highest BCUT2D eigenvalue weighted by molar-refractivity contribution is 5.85. The molecule has 0 aromatic rings. The summed E-state index contributed by atoms with van der Waals surface area (Å²) in [6, 6.07) is 0. The predicted molar refractivity (Wildman–Crippen MR) is 90.0 cm³/mol. The fraction of sp³-hybridized carbons (Fsp3) is 0.842. The molecule has 4 heteroatoms. The van der Waals surface area contributed by atoms with Crippen LogP contribution < -0.4 is 0 Å². The van der Waals surface area contributed by atoms with E-state index in [0.717, 1.165) is 38.5 Å². The lowest BCUT2D eigenvalue weighted by molar-refractivity contribution is -0.154. The van der Waals surface area contributed by atoms with Crippen LogP contribution in [0, 0.1) is 17.3 Å². The first kappa shape index (κ1) is 19.9. The summed E-state index contributed by atoms with van der Waals surface area (Å²) in [6.07, 6.45) is 6.40. The van der Waals surface area contributed by atoms with E-state index in [1.165, 1.54) is 0 Å². The van der Waals surface area contributed by atoms with Crippen molar-refractivity contribution in [1.82, 2.24) is 0 Å². The van der Waals surface area contributed by atoms with E-state index >= 15 is 0 Å². The summed E-state index contributed by atoms with van der Waals surface area (Å²) < 4.78 is 5.35. The molecule has 0 saturated heterocycles. The number of carbonyl (C=O) groups excluding carboxylic acids is 3. The number of hydrogen-bond acceptors (Lipinski definition) is 4. The van der Waals surface area contributed by atoms with Crippen molar-refractivity contribution >= 4 is 17.5 Å². The number of unbranched alkanes of at least 4 members (excludes halogenated alkanes) is 1. The second-order valence-electron chi connectivity index (χ2n) is 7.39. The van der Waals surface area contributed by atoms with E-state index in [2.05, 4.69) is 0 Å². The highest BCUT2D eigenvalue weighted by Crippen LogP contribution is 2.31. The lowest BCUT2D eigenvalue weighted by Crippen LogP contribution is -2.33. The fourth-order valence-corrected chi connectivity index (χ4v) is 3.10. The average Bonchev–Trinajstić information content (AvgIpc) is 2.53. The minimum Gasteiger partial charge on any atom is -0.465 e. The summed E-state index contributed by atoms with van der Waals surface area (Å²) in [5, 5.41) is 0. The third-order valence-corrected chi connectivity index (χ3v) is 5.27. The van der Waals surface area contributed by atoms with Crippen molar-refractivity contribution in [3.8, 4) is 0 Å². The Labute approximate surface area is 140 Å². The second kappa shape index (κ2) is 9.19. The molecule has 0 aromatic heterocycles. The number of Topliss-reactive ketones (excluding diaryl/α,β-unsaturated/α-hetero) is 2. The maximum Gasteiger partial charge on any atom is 0.309 e. The molecule has 0 aliphatic heterocycles. The van der Waals surface area contributed by atoms with Gasteiger partial charge in [0, 0.05) is 17.8 Å². The monoisotopic (exact) mass is 324 g/mol. The highest BCUT2D eigenvalue weighted by Gasteiger charge is 2.34. The van der Waals surface area contributed by atoms with E-state index in [4.69, 9.17) is 4.74 Å². The van der Waals surface area contributed by atoms with Gasteiger partial charge in [-0.3, -0.25) is 14.4 Å². The van der Waals surface area contributed by atoms with Gasteiger partial charge in [-0.05, 0) is 39.0 Å². The van der Waals surface area contributed by atoms with Crippen LogP contribution in [0.15, 0.2) is 0 Å². The van der Waals surface area contributed by atoms with Crippen LogP contribution in [-0.2, 0) is 19.1 Å². The molecule has 1 saturated carbocycles. The number of hydrogen-bond donors (Lipinski definition) is 0. The Morgan fingerprint density at radius 1 is 1.04 bits per heavy atom. The van der Waals surface area contributed by atoms with Crippen LogP contribution in [0.1, 0.15) is 79.1 Å². The van der Waals surface area contributed by atoms with Gasteiger partial charge in [0.2, 0.25) is 0 Å². The van der Waals surface area contributed by atoms with Gasteiger partial charge in [-0.1, -0.05) is 33.6 Å². The molecule has 23 heavy (non-hydrogen) atoms. The smallest absolute Gasteiger partial charge is 0.309 e. The molecular weight excluding hydrogens is 292 g/mol. The van der Waals surface area contributed by atoms with E-state index in [0.29, 0.717) is 19.4 Å². The van der Waals surface area contributed by atoms with Crippen LogP contribution in [0.25, 0.3) is 0 Å². The molecule has 0 aromatic carbocycles. The number of rotatable bonds is 9. The number of ether oxygens (including phenoxy) is 1. The van der Waals surface area contributed by atoms with Gasteiger partial charge in [0.1, 0.15) is 11.6 Å². The lowest BCUT2D eigenvalue weighted by Gasteiger charge is -2.27. The topological polar surface area (TPSA) is 60.4 Å². The predicted octanol–water partition coefficient (Wildman–Crippen LogP) is 4.10. The standard InChI is InChI=1S/C19H32O4/c1-5-19(3,4)17(21)12-8-9-13-23-18(22)16-11-7-6-10-15(16)14(2)20/h15-16H,5-13H2,1-4H3. The Morgan fingerprint density at radius 3 is 2.22 bits per heavy atom. The molecular formula is C19H32O4.